The minimum atomic E-state index is 0.782. The SMILES string of the molecule is C[NH2+]C[C@H]1[C@H](C)C=C(C)C[C@H]1C. The Bertz CT molecular complexity index is 172. The van der Waals surface area contributed by atoms with Crippen molar-refractivity contribution in [3.63, 3.8) is 0 Å². The Morgan fingerprint density at radius 2 is 2.17 bits per heavy atom. The van der Waals surface area contributed by atoms with Gasteiger partial charge in [0.25, 0.3) is 0 Å². The zero-order valence-corrected chi connectivity index (χ0v) is 8.80. The minimum Gasteiger partial charge on any atom is -0.348 e. The van der Waals surface area contributed by atoms with E-state index in [1.54, 1.807) is 5.57 Å². The highest BCUT2D eigenvalue weighted by Gasteiger charge is 2.27. The van der Waals surface area contributed by atoms with Crippen molar-refractivity contribution in [2.24, 2.45) is 17.8 Å². The third-order valence-corrected chi connectivity index (χ3v) is 3.11. The second-order valence-electron chi connectivity index (χ2n) is 4.36. The second kappa shape index (κ2) is 4.08. The van der Waals surface area contributed by atoms with Gasteiger partial charge in [-0.15, -0.1) is 0 Å². The summed E-state index contributed by atoms with van der Waals surface area (Å²) in [6, 6.07) is 0. The molecule has 0 bridgehead atoms. The van der Waals surface area contributed by atoms with E-state index in [2.05, 4.69) is 39.2 Å². The van der Waals surface area contributed by atoms with Crippen LogP contribution >= 0.6 is 0 Å². The van der Waals surface area contributed by atoms with E-state index in [0.29, 0.717) is 0 Å². The van der Waals surface area contributed by atoms with Crippen LogP contribution in [0.2, 0.25) is 0 Å². The molecule has 0 fully saturated rings. The lowest BCUT2D eigenvalue weighted by atomic mass is 9.75. The van der Waals surface area contributed by atoms with Crippen LogP contribution in [0.3, 0.4) is 0 Å². The molecule has 1 aliphatic rings. The van der Waals surface area contributed by atoms with Crippen molar-refractivity contribution in [3.05, 3.63) is 11.6 Å². The molecule has 0 saturated heterocycles. The molecule has 1 aliphatic carbocycles. The van der Waals surface area contributed by atoms with Crippen molar-refractivity contribution in [1.29, 1.82) is 0 Å². The normalized spacial score (nSPS) is 36.3. The lowest BCUT2D eigenvalue weighted by Crippen LogP contribution is -2.82. The van der Waals surface area contributed by atoms with E-state index in [9.17, 15) is 0 Å². The molecule has 2 N–H and O–H groups in total. The molecule has 1 heteroatoms. The highest BCUT2D eigenvalue weighted by Crippen LogP contribution is 2.32. The quantitative estimate of drug-likeness (QED) is 0.601. The van der Waals surface area contributed by atoms with Gasteiger partial charge in [0.15, 0.2) is 0 Å². The zero-order valence-electron chi connectivity index (χ0n) is 8.80. The molecule has 3 atom stereocenters. The van der Waals surface area contributed by atoms with E-state index in [0.717, 1.165) is 17.8 Å². The Morgan fingerprint density at radius 3 is 2.67 bits per heavy atom. The molecule has 0 saturated carbocycles. The number of allylic oxidation sites excluding steroid dienone is 2. The van der Waals surface area contributed by atoms with Crippen LogP contribution in [-0.4, -0.2) is 13.6 Å². The Kier molecular flexibility index (Phi) is 3.33. The molecule has 1 rings (SSSR count). The molecule has 0 aromatic rings. The predicted molar refractivity (Wildman–Crippen MR) is 52.9 cm³/mol. The summed E-state index contributed by atoms with van der Waals surface area (Å²) >= 11 is 0. The fraction of sp³-hybridized carbons (Fsp3) is 0.818. The van der Waals surface area contributed by atoms with Crippen molar-refractivity contribution in [2.75, 3.05) is 13.6 Å². The van der Waals surface area contributed by atoms with Crippen LogP contribution < -0.4 is 5.32 Å². The maximum atomic E-state index is 2.45. The van der Waals surface area contributed by atoms with Crippen molar-refractivity contribution in [3.8, 4) is 0 Å². The van der Waals surface area contributed by atoms with Gasteiger partial charge in [-0.1, -0.05) is 25.5 Å². The van der Waals surface area contributed by atoms with Gasteiger partial charge in [0.2, 0.25) is 0 Å². The molecule has 0 aromatic heterocycles. The van der Waals surface area contributed by atoms with Crippen LogP contribution in [-0.2, 0) is 0 Å². The summed E-state index contributed by atoms with van der Waals surface area (Å²) < 4.78 is 0. The maximum Gasteiger partial charge on any atom is 0.0790 e. The fourth-order valence-electron chi connectivity index (χ4n) is 2.54. The van der Waals surface area contributed by atoms with Gasteiger partial charge < -0.3 is 5.32 Å². The number of hydrogen-bond donors (Lipinski definition) is 1. The highest BCUT2D eigenvalue weighted by atomic mass is 14.8. The molecule has 1 nitrogen and oxygen atoms in total. The van der Waals surface area contributed by atoms with Crippen molar-refractivity contribution in [1.82, 2.24) is 0 Å². The molecule has 0 amide bonds. The van der Waals surface area contributed by atoms with Gasteiger partial charge in [-0.25, -0.2) is 0 Å². The Morgan fingerprint density at radius 1 is 1.50 bits per heavy atom. The van der Waals surface area contributed by atoms with Crippen molar-refractivity contribution < 1.29 is 5.32 Å². The van der Waals surface area contributed by atoms with Gasteiger partial charge in [0, 0.05) is 5.92 Å². The summed E-state index contributed by atoms with van der Waals surface area (Å²) in [4.78, 5) is 0. The summed E-state index contributed by atoms with van der Waals surface area (Å²) in [5.41, 5.74) is 1.59. The van der Waals surface area contributed by atoms with E-state index in [1.807, 2.05) is 0 Å². The summed E-state index contributed by atoms with van der Waals surface area (Å²) in [5.74, 6) is 2.55. The van der Waals surface area contributed by atoms with Crippen LogP contribution in [0.5, 0.6) is 0 Å². The molecular formula is C11H22N+. The Hall–Kier alpha value is -0.300. The summed E-state index contributed by atoms with van der Waals surface area (Å²) in [6.45, 7) is 8.29. The minimum absolute atomic E-state index is 0.782. The smallest absolute Gasteiger partial charge is 0.0790 e. The van der Waals surface area contributed by atoms with Gasteiger partial charge >= 0.3 is 0 Å². The van der Waals surface area contributed by atoms with Gasteiger partial charge in [-0.05, 0) is 25.2 Å². The fourth-order valence-corrected chi connectivity index (χ4v) is 2.54. The van der Waals surface area contributed by atoms with E-state index in [4.69, 9.17) is 0 Å². The van der Waals surface area contributed by atoms with Crippen LogP contribution in [0, 0.1) is 17.8 Å². The van der Waals surface area contributed by atoms with E-state index in [1.165, 1.54) is 13.0 Å². The van der Waals surface area contributed by atoms with Crippen LogP contribution in [0.1, 0.15) is 27.2 Å². The number of hydrogen-bond acceptors (Lipinski definition) is 0. The van der Waals surface area contributed by atoms with Crippen LogP contribution in [0.15, 0.2) is 11.6 Å². The molecule has 12 heavy (non-hydrogen) atoms. The number of rotatable bonds is 2. The van der Waals surface area contributed by atoms with Gasteiger partial charge in [-0.2, -0.15) is 0 Å². The number of quaternary nitrogens is 1. The average Bonchev–Trinajstić information content (AvgIpc) is 1.96. The molecule has 0 radical (unpaired) electrons. The standard InChI is InChI=1S/C11H21N/c1-8-5-9(2)11(7-12-4)10(3)6-8/h5,9-12H,6-7H2,1-4H3/p+1/t9-,10-,11+/m1/s1. The summed E-state index contributed by atoms with van der Waals surface area (Å²) in [6.07, 6.45) is 3.76. The zero-order chi connectivity index (χ0) is 9.14. The number of nitrogens with two attached hydrogens (primary N) is 1. The first kappa shape index (κ1) is 9.79. The van der Waals surface area contributed by atoms with Crippen molar-refractivity contribution >= 4 is 0 Å². The molecule has 0 heterocycles. The topological polar surface area (TPSA) is 16.6 Å². The van der Waals surface area contributed by atoms with E-state index < -0.39 is 0 Å². The first-order valence-electron chi connectivity index (χ1n) is 5.10. The van der Waals surface area contributed by atoms with E-state index in [-0.39, 0.29) is 0 Å². The maximum absolute atomic E-state index is 2.45. The lowest BCUT2D eigenvalue weighted by molar-refractivity contribution is -0.635. The third-order valence-electron chi connectivity index (χ3n) is 3.11. The van der Waals surface area contributed by atoms with Crippen molar-refractivity contribution in [2.45, 2.75) is 27.2 Å². The summed E-state index contributed by atoms with van der Waals surface area (Å²) in [5, 5.41) is 2.31. The molecular weight excluding hydrogens is 146 g/mol. The molecule has 0 aliphatic heterocycles. The van der Waals surface area contributed by atoms with Crippen LogP contribution in [0.25, 0.3) is 0 Å². The Labute approximate surface area is 76.2 Å². The lowest BCUT2D eigenvalue weighted by Gasteiger charge is -2.31. The molecule has 0 aromatic carbocycles. The third kappa shape index (κ3) is 2.10. The second-order valence-corrected chi connectivity index (χ2v) is 4.36. The monoisotopic (exact) mass is 168 g/mol. The largest absolute Gasteiger partial charge is 0.348 e. The first-order chi connectivity index (χ1) is 5.65. The first-order valence-corrected chi connectivity index (χ1v) is 5.10. The van der Waals surface area contributed by atoms with E-state index >= 15 is 0 Å². The van der Waals surface area contributed by atoms with Gasteiger partial charge in [0.1, 0.15) is 0 Å². The van der Waals surface area contributed by atoms with Gasteiger partial charge in [0.05, 0.1) is 13.6 Å². The summed E-state index contributed by atoms with van der Waals surface area (Å²) in [7, 11) is 2.17. The molecule has 70 valence electrons. The highest BCUT2D eigenvalue weighted by molar-refractivity contribution is 5.07. The van der Waals surface area contributed by atoms with Gasteiger partial charge in [-0.3, -0.25) is 0 Å². The molecule has 0 unspecified atom stereocenters. The predicted octanol–water partition coefficient (Wildman–Crippen LogP) is 1.42. The van der Waals surface area contributed by atoms with Crippen LogP contribution in [0.4, 0.5) is 0 Å². The average molecular weight is 168 g/mol. The Balaban J connectivity index is 2.62. The molecule has 0 spiro atoms.